The summed E-state index contributed by atoms with van der Waals surface area (Å²) in [6, 6.07) is 11.3. The lowest BCUT2D eigenvalue weighted by Gasteiger charge is -2.17. The molecule has 0 bridgehead atoms. The average Bonchev–Trinajstić information content (AvgIpc) is 3.23. The van der Waals surface area contributed by atoms with Gasteiger partial charge in [0.1, 0.15) is 11.6 Å². The monoisotopic (exact) mass is 427 g/mol. The van der Waals surface area contributed by atoms with Crippen molar-refractivity contribution in [3.05, 3.63) is 72.1 Å². The third-order valence-corrected chi connectivity index (χ3v) is 5.55. The summed E-state index contributed by atoms with van der Waals surface area (Å²) in [6.45, 7) is 6.52. The highest BCUT2D eigenvalue weighted by Gasteiger charge is 2.16. The molecule has 32 heavy (non-hydrogen) atoms. The van der Waals surface area contributed by atoms with E-state index in [4.69, 9.17) is 4.74 Å². The molecule has 0 saturated heterocycles. The standard InChI is InChI=1S/C25H25N5O2/c1-16(2)32-21-5-3-17(4-6-21)24(31)11-20-9-18-10-22(28-13-19(18)12-27-20)23-14-29-25-15-26-7-8-30(23)25/h3-6,9-10,12-14,16,26H,7-8,11,15H2,1-2H3. The fourth-order valence-electron chi connectivity index (χ4n) is 3.98. The molecule has 4 heterocycles. The van der Waals surface area contributed by atoms with Gasteiger partial charge in [0.25, 0.3) is 0 Å². The van der Waals surface area contributed by atoms with Crippen LogP contribution in [0.4, 0.5) is 0 Å². The van der Waals surface area contributed by atoms with Crippen LogP contribution in [0.2, 0.25) is 0 Å². The quantitative estimate of drug-likeness (QED) is 0.471. The molecule has 0 radical (unpaired) electrons. The molecule has 1 aliphatic rings. The van der Waals surface area contributed by atoms with Crippen LogP contribution in [0.25, 0.3) is 22.2 Å². The number of nitrogens with one attached hydrogen (secondary N) is 1. The summed E-state index contributed by atoms with van der Waals surface area (Å²) in [6.07, 6.45) is 5.84. The maximum Gasteiger partial charge on any atom is 0.168 e. The zero-order chi connectivity index (χ0) is 22.1. The molecule has 7 heteroatoms. The first kappa shape index (κ1) is 20.3. The summed E-state index contributed by atoms with van der Waals surface area (Å²) in [5.41, 5.74) is 3.28. The Kier molecular flexibility index (Phi) is 5.41. The Balaban J connectivity index is 1.38. The number of ether oxygens (including phenoxy) is 1. The van der Waals surface area contributed by atoms with Gasteiger partial charge in [-0.2, -0.15) is 0 Å². The largest absolute Gasteiger partial charge is 0.491 e. The first-order valence-corrected chi connectivity index (χ1v) is 10.9. The molecule has 7 nitrogen and oxygen atoms in total. The Bertz CT molecular complexity index is 1280. The number of carbonyl (C=O) groups is 1. The Morgan fingerprint density at radius 3 is 2.69 bits per heavy atom. The lowest BCUT2D eigenvalue weighted by Crippen LogP contribution is -2.28. The van der Waals surface area contributed by atoms with Crippen molar-refractivity contribution in [1.82, 2.24) is 24.8 Å². The molecule has 0 amide bonds. The number of nitrogens with zero attached hydrogens (tertiary/aromatic N) is 4. The van der Waals surface area contributed by atoms with Crippen molar-refractivity contribution in [2.45, 2.75) is 39.5 Å². The van der Waals surface area contributed by atoms with Crippen molar-refractivity contribution in [3.63, 3.8) is 0 Å². The summed E-state index contributed by atoms with van der Waals surface area (Å²) >= 11 is 0. The van der Waals surface area contributed by atoms with Crippen LogP contribution in [0, 0.1) is 0 Å². The molecule has 0 atom stereocenters. The molecule has 0 spiro atoms. The third kappa shape index (κ3) is 4.11. The van der Waals surface area contributed by atoms with Gasteiger partial charge in [-0.1, -0.05) is 0 Å². The van der Waals surface area contributed by atoms with Gasteiger partial charge in [-0.3, -0.25) is 14.8 Å². The van der Waals surface area contributed by atoms with E-state index in [-0.39, 0.29) is 18.3 Å². The van der Waals surface area contributed by atoms with E-state index < -0.39 is 0 Å². The van der Waals surface area contributed by atoms with Crippen molar-refractivity contribution in [3.8, 4) is 17.1 Å². The number of aromatic nitrogens is 4. The predicted octanol–water partition coefficient (Wildman–Crippen LogP) is 3.81. The summed E-state index contributed by atoms with van der Waals surface area (Å²) in [7, 11) is 0. The zero-order valence-corrected chi connectivity index (χ0v) is 18.2. The van der Waals surface area contributed by atoms with Gasteiger partial charge in [-0.15, -0.1) is 0 Å². The highest BCUT2D eigenvalue weighted by Crippen LogP contribution is 2.24. The number of hydrogen-bond donors (Lipinski definition) is 1. The van der Waals surface area contributed by atoms with Crippen LogP contribution in [0.5, 0.6) is 5.75 Å². The first-order valence-electron chi connectivity index (χ1n) is 10.9. The second kappa shape index (κ2) is 8.51. The van der Waals surface area contributed by atoms with Gasteiger partial charge >= 0.3 is 0 Å². The molecule has 3 aromatic heterocycles. The number of imidazole rings is 1. The van der Waals surface area contributed by atoms with Gasteiger partial charge in [0.2, 0.25) is 0 Å². The van der Waals surface area contributed by atoms with Crippen molar-refractivity contribution in [2.75, 3.05) is 6.54 Å². The number of rotatable bonds is 6. The minimum absolute atomic E-state index is 0.0274. The normalized spacial score (nSPS) is 13.3. The summed E-state index contributed by atoms with van der Waals surface area (Å²) < 4.78 is 7.86. The topological polar surface area (TPSA) is 81.9 Å². The van der Waals surface area contributed by atoms with Gasteiger partial charge in [0.05, 0.1) is 36.7 Å². The number of ketones is 1. The SMILES string of the molecule is CC(C)Oc1ccc(C(=O)Cc2cc3cc(-c4cnc5n4CCNC5)ncc3cn2)cc1. The molecule has 0 unspecified atom stereocenters. The number of pyridine rings is 2. The molecule has 1 aromatic carbocycles. The lowest BCUT2D eigenvalue weighted by atomic mass is 10.0. The van der Waals surface area contributed by atoms with Crippen LogP contribution < -0.4 is 10.1 Å². The van der Waals surface area contributed by atoms with Gasteiger partial charge in [-0.25, -0.2) is 4.98 Å². The second-order valence-electron chi connectivity index (χ2n) is 8.27. The van der Waals surface area contributed by atoms with Gasteiger partial charge in [0.15, 0.2) is 5.78 Å². The predicted molar refractivity (Wildman–Crippen MR) is 123 cm³/mol. The minimum Gasteiger partial charge on any atom is -0.491 e. The second-order valence-corrected chi connectivity index (χ2v) is 8.27. The highest BCUT2D eigenvalue weighted by molar-refractivity contribution is 5.98. The van der Waals surface area contributed by atoms with Crippen LogP contribution >= 0.6 is 0 Å². The Morgan fingerprint density at radius 1 is 1.06 bits per heavy atom. The van der Waals surface area contributed by atoms with Crippen LogP contribution in [0.1, 0.15) is 35.7 Å². The van der Waals surface area contributed by atoms with Gasteiger partial charge in [-0.05, 0) is 55.6 Å². The van der Waals surface area contributed by atoms with E-state index in [0.29, 0.717) is 5.56 Å². The Morgan fingerprint density at radius 2 is 1.88 bits per heavy atom. The molecule has 5 rings (SSSR count). The molecule has 162 valence electrons. The fourth-order valence-corrected chi connectivity index (χ4v) is 3.98. The van der Waals surface area contributed by atoms with E-state index in [1.165, 1.54) is 0 Å². The zero-order valence-electron chi connectivity index (χ0n) is 18.2. The number of Topliss-reactive ketones (excluding diaryl/α,β-unsaturated/α-hetero) is 1. The number of fused-ring (bicyclic) bond motifs is 2. The van der Waals surface area contributed by atoms with Crippen LogP contribution in [0.15, 0.2) is 55.0 Å². The van der Waals surface area contributed by atoms with E-state index in [9.17, 15) is 4.79 Å². The average molecular weight is 428 g/mol. The Hall–Kier alpha value is -3.58. The molecule has 1 aliphatic heterocycles. The number of hydrogen-bond acceptors (Lipinski definition) is 6. The summed E-state index contributed by atoms with van der Waals surface area (Å²) in [5, 5.41) is 5.29. The van der Waals surface area contributed by atoms with E-state index >= 15 is 0 Å². The molecule has 0 fully saturated rings. The minimum atomic E-state index is 0.0274. The molecular formula is C25H25N5O2. The van der Waals surface area contributed by atoms with E-state index in [2.05, 4.69) is 30.9 Å². The van der Waals surface area contributed by atoms with Crippen LogP contribution in [0.3, 0.4) is 0 Å². The van der Waals surface area contributed by atoms with Crippen LogP contribution in [-0.4, -0.2) is 38.0 Å². The van der Waals surface area contributed by atoms with Crippen molar-refractivity contribution < 1.29 is 9.53 Å². The summed E-state index contributed by atoms with van der Waals surface area (Å²) in [4.78, 5) is 26.4. The molecule has 0 saturated carbocycles. The van der Waals surface area contributed by atoms with Crippen molar-refractivity contribution in [2.24, 2.45) is 0 Å². The summed E-state index contributed by atoms with van der Waals surface area (Å²) in [5.74, 6) is 1.82. The maximum absolute atomic E-state index is 12.8. The first-order chi connectivity index (χ1) is 15.6. The third-order valence-electron chi connectivity index (χ3n) is 5.55. The van der Waals surface area contributed by atoms with E-state index in [1.807, 2.05) is 44.4 Å². The smallest absolute Gasteiger partial charge is 0.168 e. The Labute approximate surface area is 186 Å². The molecular weight excluding hydrogens is 402 g/mol. The molecule has 1 N–H and O–H groups in total. The van der Waals surface area contributed by atoms with Crippen molar-refractivity contribution in [1.29, 1.82) is 0 Å². The lowest BCUT2D eigenvalue weighted by molar-refractivity contribution is 0.0992. The van der Waals surface area contributed by atoms with E-state index in [0.717, 1.165) is 59.1 Å². The maximum atomic E-state index is 12.8. The van der Waals surface area contributed by atoms with E-state index in [1.54, 1.807) is 18.3 Å². The molecule has 0 aliphatic carbocycles. The highest BCUT2D eigenvalue weighted by atomic mass is 16.5. The number of benzene rings is 1. The molecule has 4 aromatic rings. The van der Waals surface area contributed by atoms with Gasteiger partial charge < -0.3 is 14.6 Å². The van der Waals surface area contributed by atoms with Crippen molar-refractivity contribution >= 4 is 16.6 Å². The number of carbonyl (C=O) groups excluding carboxylic acids is 1. The fraction of sp³-hybridized carbons (Fsp3) is 0.280. The van der Waals surface area contributed by atoms with Gasteiger partial charge in [0, 0.05) is 42.1 Å². The van der Waals surface area contributed by atoms with Crippen LogP contribution in [-0.2, 0) is 19.5 Å².